The third-order valence-electron chi connectivity index (χ3n) is 5.01. The summed E-state index contributed by atoms with van der Waals surface area (Å²) in [5, 5.41) is 19.9. The van der Waals surface area contributed by atoms with Crippen LogP contribution in [0.15, 0.2) is 30.5 Å². The number of aliphatic hydroxyl groups is 1. The van der Waals surface area contributed by atoms with Crippen LogP contribution in [0.5, 0.6) is 0 Å². The second-order valence-corrected chi connectivity index (χ2v) is 7.12. The van der Waals surface area contributed by atoms with E-state index >= 15 is 0 Å². The zero-order chi connectivity index (χ0) is 21.1. The van der Waals surface area contributed by atoms with Crippen LogP contribution >= 0.6 is 0 Å². The Morgan fingerprint density at radius 1 is 1.30 bits per heavy atom. The van der Waals surface area contributed by atoms with Gasteiger partial charge in [-0.1, -0.05) is 12.1 Å². The van der Waals surface area contributed by atoms with Crippen molar-refractivity contribution in [2.75, 3.05) is 43.6 Å². The molecule has 3 N–H and O–H groups in total. The molecule has 0 spiro atoms. The number of aromatic nitrogens is 4. The molecule has 0 saturated carbocycles. The van der Waals surface area contributed by atoms with Crippen LogP contribution in [-0.4, -0.2) is 70.3 Å². The van der Waals surface area contributed by atoms with E-state index in [0.717, 1.165) is 16.6 Å². The van der Waals surface area contributed by atoms with Crippen LogP contribution in [0.3, 0.4) is 0 Å². The highest BCUT2D eigenvalue weighted by Gasteiger charge is 2.24. The first kappa shape index (κ1) is 20.0. The van der Waals surface area contributed by atoms with E-state index in [-0.39, 0.29) is 18.7 Å². The number of hydrogen-bond acceptors (Lipinski definition) is 7. The maximum Gasteiger partial charge on any atom is 0.318 e. The first-order valence-electron chi connectivity index (χ1n) is 9.88. The third-order valence-corrected chi connectivity index (χ3v) is 5.01. The summed E-state index contributed by atoms with van der Waals surface area (Å²) in [6.07, 6.45) is 1.85. The number of amides is 2. The van der Waals surface area contributed by atoms with Crippen molar-refractivity contribution in [3.05, 3.63) is 30.5 Å². The molecule has 2 amide bonds. The minimum atomic E-state index is -0.277. The predicted octanol–water partition coefficient (Wildman–Crippen LogP) is 1.46. The summed E-state index contributed by atoms with van der Waals surface area (Å²) in [6, 6.07) is 7.34. The third kappa shape index (κ3) is 4.05. The fourth-order valence-corrected chi connectivity index (χ4v) is 3.44. The van der Waals surface area contributed by atoms with Crippen molar-refractivity contribution in [1.29, 1.82) is 0 Å². The summed E-state index contributed by atoms with van der Waals surface area (Å²) in [7, 11) is 1.57. The van der Waals surface area contributed by atoms with Crippen LogP contribution in [0, 0.1) is 0 Å². The number of nitrogens with zero attached hydrogens (tertiary/aromatic N) is 5. The number of carbonyl (C=O) groups is 1. The van der Waals surface area contributed by atoms with Gasteiger partial charge in [-0.15, -0.1) is 0 Å². The zero-order valence-corrected chi connectivity index (χ0v) is 17.0. The van der Waals surface area contributed by atoms with Gasteiger partial charge in [-0.25, -0.2) is 9.78 Å². The minimum Gasteiger partial charge on any atom is -0.394 e. The number of ether oxygens (including phenoxy) is 1. The molecule has 4 rings (SSSR count). The van der Waals surface area contributed by atoms with E-state index in [0.29, 0.717) is 43.6 Å². The first-order valence-corrected chi connectivity index (χ1v) is 9.88. The molecule has 1 aromatic carbocycles. The van der Waals surface area contributed by atoms with Crippen LogP contribution < -0.4 is 15.5 Å². The van der Waals surface area contributed by atoms with Gasteiger partial charge in [0.25, 0.3) is 0 Å². The predicted molar refractivity (Wildman–Crippen MR) is 114 cm³/mol. The number of morpholine rings is 1. The Morgan fingerprint density at radius 3 is 2.80 bits per heavy atom. The van der Waals surface area contributed by atoms with Gasteiger partial charge in [0.15, 0.2) is 5.65 Å². The number of nitrogens with one attached hydrogen (secondary N) is 2. The average molecular weight is 411 g/mol. The second kappa shape index (κ2) is 8.64. The molecule has 10 nitrogen and oxygen atoms in total. The molecular formula is C20H25N7O3. The lowest BCUT2D eigenvalue weighted by atomic mass is 10.1. The van der Waals surface area contributed by atoms with Gasteiger partial charge in [0.1, 0.15) is 0 Å². The number of aliphatic hydroxyl groups excluding tert-OH is 1. The molecule has 1 aliphatic rings. The first-order chi connectivity index (χ1) is 14.6. The van der Waals surface area contributed by atoms with Crippen molar-refractivity contribution in [2.24, 2.45) is 0 Å². The minimum absolute atomic E-state index is 0.00996. The number of urea groups is 1. The molecule has 1 aliphatic heterocycles. The molecule has 0 radical (unpaired) electrons. The lowest BCUT2D eigenvalue weighted by molar-refractivity contribution is 0.0981. The van der Waals surface area contributed by atoms with Crippen molar-refractivity contribution in [1.82, 2.24) is 25.1 Å². The Kier molecular flexibility index (Phi) is 5.77. The topological polar surface area (TPSA) is 117 Å². The maximum absolute atomic E-state index is 11.5. The Hall–Kier alpha value is -3.24. The molecule has 158 valence electrons. The number of hydrogen-bond donors (Lipinski definition) is 3. The number of fused-ring (bicyclic) bond motifs is 1. The van der Waals surface area contributed by atoms with E-state index in [1.807, 2.05) is 30.5 Å². The molecule has 2 aromatic heterocycles. The molecule has 0 aliphatic carbocycles. The lowest BCUT2D eigenvalue weighted by Gasteiger charge is -2.33. The number of carbonyl (C=O) groups excluding carboxylic acids is 1. The Labute approximate surface area is 173 Å². The summed E-state index contributed by atoms with van der Waals surface area (Å²) in [5.41, 5.74) is 2.90. The van der Waals surface area contributed by atoms with E-state index in [4.69, 9.17) is 9.72 Å². The van der Waals surface area contributed by atoms with Crippen LogP contribution in [0.4, 0.5) is 16.4 Å². The number of anilines is 2. The lowest BCUT2D eigenvalue weighted by Crippen LogP contribution is -2.44. The molecule has 30 heavy (non-hydrogen) atoms. The Balaban J connectivity index is 1.77. The molecule has 1 saturated heterocycles. The van der Waals surface area contributed by atoms with E-state index in [1.54, 1.807) is 11.7 Å². The molecule has 3 heterocycles. The van der Waals surface area contributed by atoms with E-state index in [9.17, 15) is 9.90 Å². The van der Waals surface area contributed by atoms with Crippen LogP contribution in [0.1, 0.15) is 6.92 Å². The highest BCUT2D eigenvalue weighted by Crippen LogP contribution is 2.29. The monoisotopic (exact) mass is 411 g/mol. The summed E-state index contributed by atoms with van der Waals surface area (Å²) < 4.78 is 7.22. The summed E-state index contributed by atoms with van der Waals surface area (Å²) >= 11 is 0. The van der Waals surface area contributed by atoms with E-state index in [1.165, 1.54) is 0 Å². The zero-order valence-electron chi connectivity index (χ0n) is 17.0. The maximum atomic E-state index is 11.5. The molecular weight excluding hydrogens is 386 g/mol. The van der Waals surface area contributed by atoms with Crippen LogP contribution in [0.25, 0.3) is 22.3 Å². The smallest absolute Gasteiger partial charge is 0.318 e. The van der Waals surface area contributed by atoms with Gasteiger partial charge in [0, 0.05) is 31.0 Å². The average Bonchev–Trinajstić information content (AvgIpc) is 3.16. The highest BCUT2D eigenvalue weighted by molar-refractivity contribution is 5.92. The molecule has 10 heteroatoms. The Morgan fingerprint density at radius 2 is 2.10 bits per heavy atom. The van der Waals surface area contributed by atoms with Crippen molar-refractivity contribution in [3.8, 4) is 11.3 Å². The second-order valence-electron chi connectivity index (χ2n) is 7.12. The number of benzene rings is 1. The van der Waals surface area contributed by atoms with Gasteiger partial charge in [-0.2, -0.15) is 10.1 Å². The fourth-order valence-electron chi connectivity index (χ4n) is 3.44. The van der Waals surface area contributed by atoms with Crippen molar-refractivity contribution in [3.63, 3.8) is 0 Å². The van der Waals surface area contributed by atoms with Gasteiger partial charge < -0.3 is 25.4 Å². The summed E-state index contributed by atoms with van der Waals surface area (Å²) in [6.45, 7) is 4.40. The molecule has 1 fully saturated rings. The quantitative estimate of drug-likeness (QED) is 0.582. The van der Waals surface area contributed by atoms with Crippen molar-refractivity contribution < 1.29 is 14.6 Å². The highest BCUT2D eigenvalue weighted by atomic mass is 16.5. The SMILES string of the molecule is CNC(=O)Nc1ccc(-c2nc(N3CCOC[C@H]3C)nc3nn(CCO)cc23)cc1. The van der Waals surface area contributed by atoms with E-state index < -0.39 is 0 Å². The molecule has 0 unspecified atom stereocenters. The largest absolute Gasteiger partial charge is 0.394 e. The normalized spacial score (nSPS) is 16.6. The number of rotatable bonds is 5. The van der Waals surface area contributed by atoms with E-state index in [2.05, 4.69) is 32.5 Å². The summed E-state index contributed by atoms with van der Waals surface area (Å²) in [5.74, 6) is 0.607. The summed E-state index contributed by atoms with van der Waals surface area (Å²) in [4.78, 5) is 23.2. The molecule has 1 atom stereocenters. The van der Waals surface area contributed by atoms with Gasteiger partial charge >= 0.3 is 6.03 Å². The van der Waals surface area contributed by atoms with Gasteiger partial charge in [-0.05, 0) is 19.1 Å². The Bertz CT molecular complexity index is 1030. The van der Waals surface area contributed by atoms with Crippen LogP contribution in [0.2, 0.25) is 0 Å². The van der Waals surface area contributed by atoms with Gasteiger partial charge in [-0.3, -0.25) is 4.68 Å². The molecule has 3 aromatic rings. The standard InChI is InChI=1S/C20H25N7O3/c1-13-12-30-10-8-27(13)19-23-17(16-11-26(7-9-28)25-18(16)24-19)14-3-5-15(6-4-14)22-20(29)21-2/h3-6,11,13,28H,7-10,12H2,1-2H3,(H2,21,22,29)/t13-/m1/s1. The molecule has 0 bridgehead atoms. The van der Waals surface area contributed by atoms with Crippen LogP contribution in [-0.2, 0) is 11.3 Å². The van der Waals surface area contributed by atoms with Crippen molar-refractivity contribution in [2.45, 2.75) is 19.5 Å². The van der Waals surface area contributed by atoms with Gasteiger partial charge in [0.2, 0.25) is 5.95 Å². The van der Waals surface area contributed by atoms with Gasteiger partial charge in [0.05, 0.1) is 43.5 Å². The fraction of sp³-hybridized carbons (Fsp3) is 0.400. The van der Waals surface area contributed by atoms with Crippen molar-refractivity contribution >= 4 is 28.7 Å².